The van der Waals surface area contributed by atoms with Crippen LogP contribution in [-0.2, 0) is 6.61 Å². The van der Waals surface area contributed by atoms with Crippen LogP contribution in [0.25, 0.3) is 0 Å². The standard InChI is InChI=1S/C18H22N2O3/c1-13-4-3-5-15(10-13)12-23-16-6-7-17(14(2)11-16)20-18(22)19-8-9-21/h3-7,10-11,21H,8-9,12H2,1-2H3,(H2,19,20,22). The Bertz CT molecular complexity index is 671. The Kier molecular flexibility index (Phi) is 6.00. The molecule has 0 aliphatic heterocycles. The summed E-state index contributed by atoms with van der Waals surface area (Å²) in [5.74, 6) is 0.755. The fraction of sp³-hybridized carbons (Fsp3) is 0.278. The molecule has 0 aliphatic carbocycles. The maximum absolute atomic E-state index is 11.6. The van der Waals surface area contributed by atoms with Gasteiger partial charge in [0.15, 0.2) is 0 Å². The van der Waals surface area contributed by atoms with Gasteiger partial charge in [-0.25, -0.2) is 4.79 Å². The van der Waals surface area contributed by atoms with Gasteiger partial charge in [0.05, 0.1) is 6.61 Å². The summed E-state index contributed by atoms with van der Waals surface area (Å²) in [4.78, 5) is 11.6. The molecule has 0 radical (unpaired) electrons. The number of ether oxygens (including phenoxy) is 1. The monoisotopic (exact) mass is 314 g/mol. The number of carbonyl (C=O) groups excluding carboxylic acids is 1. The molecule has 0 spiro atoms. The second kappa shape index (κ2) is 8.19. The zero-order valence-electron chi connectivity index (χ0n) is 13.4. The second-order valence-electron chi connectivity index (χ2n) is 5.36. The lowest BCUT2D eigenvalue weighted by Gasteiger charge is -2.12. The van der Waals surface area contributed by atoms with Crippen LogP contribution in [0.3, 0.4) is 0 Å². The van der Waals surface area contributed by atoms with Gasteiger partial charge in [0, 0.05) is 12.2 Å². The lowest BCUT2D eigenvalue weighted by Crippen LogP contribution is -2.31. The number of benzene rings is 2. The number of hydrogen-bond acceptors (Lipinski definition) is 3. The van der Waals surface area contributed by atoms with Gasteiger partial charge in [-0.05, 0) is 43.2 Å². The Balaban J connectivity index is 1.94. The lowest BCUT2D eigenvalue weighted by molar-refractivity contribution is 0.245. The van der Waals surface area contributed by atoms with Gasteiger partial charge in [0.25, 0.3) is 0 Å². The average molecular weight is 314 g/mol. The van der Waals surface area contributed by atoms with Gasteiger partial charge in [0.1, 0.15) is 12.4 Å². The van der Waals surface area contributed by atoms with Crippen molar-refractivity contribution >= 4 is 11.7 Å². The summed E-state index contributed by atoms with van der Waals surface area (Å²) in [6.45, 7) is 4.60. The van der Waals surface area contributed by atoms with Crippen LogP contribution in [0.4, 0.5) is 10.5 Å². The van der Waals surface area contributed by atoms with E-state index in [1.165, 1.54) is 5.56 Å². The highest BCUT2D eigenvalue weighted by Crippen LogP contribution is 2.22. The minimum atomic E-state index is -0.337. The molecule has 2 aromatic carbocycles. The smallest absolute Gasteiger partial charge is 0.319 e. The number of urea groups is 1. The first-order valence-corrected chi connectivity index (χ1v) is 7.53. The van der Waals surface area contributed by atoms with E-state index in [1.807, 2.05) is 31.2 Å². The topological polar surface area (TPSA) is 70.6 Å². The molecule has 0 fully saturated rings. The number of carbonyl (C=O) groups is 1. The van der Waals surface area contributed by atoms with E-state index >= 15 is 0 Å². The largest absolute Gasteiger partial charge is 0.489 e. The zero-order chi connectivity index (χ0) is 16.7. The summed E-state index contributed by atoms with van der Waals surface area (Å²) in [6, 6.07) is 13.4. The second-order valence-corrected chi connectivity index (χ2v) is 5.36. The van der Waals surface area contributed by atoms with Crippen molar-refractivity contribution in [3.05, 3.63) is 59.2 Å². The van der Waals surface area contributed by atoms with Crippen LogP contribution in [-0.4, -0.2) is 24.3 Å². The summed E-state index contributed by atoms with van der Waals surface area (Å²) in [7, 11) is 0. The number of nitrogens with one attached hydrogen (secondary N) is 2. The maximum atomic E-state index is 11.6. The van der Waals surface area contributed by atoms with E-state index in [0.29, 0.717) is 12.3 Å². The third-order valence-corrected chi connectivity index (χ3v) is 3.33. The van der Waals surface area contributed by atoms with Gasteiger partial charge in [0.2, 0.25) is 0 Å². The van der Waals surface area contributed by atoms with E-state index in [4.69, 9.17) is 9.84 Å². The van der Waals surface area contributed by atoms with Crippen LogP contribution >= 0.6 is 0 Å². The van der Waals surface area contributed by atoms with Gasteiger partial charge in [-0.15, -0.1) is 0 Å². The first kappa shape index (κ1) is 16.8. The molecule has 0 heterocycles. The molecular formula is C18H22N2O3. The maximum Gasteiger partial charge on any atom is 0.319 e. The highest BCUT2D eigenvalue weighted by atomic mass is 16.5. The van der Waals surface area contributed by atoms with E-state index in [-0.39, 0.29) is 19.2 Å². The number of hydrogen-bond donors (Lipinski definition) is 3. The summed E-state index contributed by atoms with van der Waals surface area (Å²) in [5, 5.41) is 14.0. The SMILES string of the molecule is Cc1cccc(COc2ccc(NC(=O)NCCO)c(C)c2)c1. The van der Waals surface area contributed by atoms with Crippen LogP contribution in [0.1, 0.15) is 16.7 Å². The van der Waals surface area contributed by atoms with E-state index in [9.17, 15) is 4.79 Å². The molecule has 0 bridgehead atoms. The predicted octanol–water partition coefficient (Wildman–Crippen LogP) is 3.00. The molecule has 2 aromatic rings. The lowest BCUT2D eigenvalue weighted by atomic mass is 10.1. The molecule has 0 aliphatic rings. The zero-order valence-corrected chi connectivity index (χ0v) is 13.4. The molecule has 0 saturated carbocycles. The van der Waals surface area contributed by atoms with Crippen LogP contribution < -0.4 is 15.4 Å². The summed E-state index contributed by atoms with van der Waals surface area (Å²) in [6.07, 6.45) is 0. The van der Waals surface area contributed by atoms with Crippen molar-refractivity contribution in [2.45, 2.75) is 20.5 Å². The third-order valence-electron chi connectivity index (χ3n) is 3.33. The van der Waals surface area contributed by atoms with Gasteiger partial charge in [-0.2, -0.15) is 0 Å². The first-order valence-electron chi connectivity index (χ1n) is 7.53. The van der Waals surface area contributed by atoms with E-state index in [0.717, 1.165) is 16.9 Å². The summed E-state index contributed by atoms with van der Waals surface area (Å²) in [5.41, 5.74) is 3.94. The van der Waals surface area contributed by atoms with E-state index in [1.54, 1.807) is 6.07 Å². The van der Waals surface area contributed by atoms with Gasteiger partial charge < -0.3 is 20.5 Å². The molecule has 0 atom stereocenters. The molecule has 2 rings (SSSR count). The van der Waals surface area contributed by atoms with Gasteiger partial charge in [-0.3, -0.25) is 0 Å². The molecule has 3 N–H and O–H groups in total. The Morgan fingerprint density at radius 2 is 2.00 bits per heavy atom. The molecule has 0 saturated heterocycles. The van der Waals surface area contributed by atoms with Crippen molar-refractivity contribution < 1.29 is 14.6 Å². The predicted molar refractivity (Wildman–Crippen MR) is 90.8 cm³/mol. The molecule has 2 amide bonds. The quantitative estimate of drug-likeness (QED) is 0.767. The van der Waals surface area contributed by atoms with Gasteiger partial charge >= 0.3 is 6.03 Å². The molecule has 5 heteroatoms. The molecule has 23 heavy (non-hydrogen) atoms. The fourth-order valence-corrected chi connectivity index (χ4v) is 2.17. The van der Waals surface area contributed by atoms with Crippen molar-refractivity contribution in [1.29, 1.82) is 0 Å². The normalized spacial score (nSPS) is 10.2. The Hall–Kier alpha value is -2.53. The van der Waals surface area contributed by atoms with Crippen LogP contribution in [0.5, 0.6) is 5.75 Å². The van der Waals surface area contributed by atoms with Crippen LogP contribution in [0, 0.1) is 13.8 Å². The number of aliphatic hydroxyl groups is 1. The highest BCUT2D eigenvalue weighted by molar-refractivity contribution is 5.90. The summed E-state index contributed by atoms with van der Waals surface area (Å²) < 4.78 is 5.79. The van der Waals surface area contributed by atoms with E-state index in [2.05, 4.69) is 29.7 Å². The van der Waals surface area contributed by atoms with Crippen molar-refractivity contribution in [2.75, 3.05) is 18.5 Å². The van der Waals surface area contributed by atoms with Gasteiger partial charge in [-0.1, -0.05) is 29.8 Å². The minimum absolute atomic E-state index is 0.0852. The first-order chi connectivity index (χ1) is 11.1. The Morgan fingerprint density at radius 1 is 1.17 bits per heavy atom. The Morgan fingerprint density at radius 3 is 2.70 bits per heavy atom. The molecule has 122 valence electrons. The summed E-state index contributed by atoms with van der Waals surface area (Å²) >= 11 is 0. The highest BCUT2D eigenvalue weighted by Gasteiger charge is 2.05. The molecular weight excluding hydrogens is 292 g/mol. The average Bonchev–Trinajstić information content (AvgIpc) is 2.53. The van der Waals surface area contributed by atoms with Crippen LogP contribution in [0.2, 0.25) is 0 Å². The van der Waals surface area contributed by atoms with Crippen molar-refractivity contribution in [3.8, 4) is 5.75 Å². The molecule has 5 nitrogen and oxygen atoms in total. The Labute approximate surface area is 136 Å². The van der Waals surface area contributed by atoms with Crippen LogP contribution in [0.15, 0.2) is 42.5 Å². The fourth-order valence-electron chi connectivity index (χ4n) is 2.17. The van der Waals surface area contributed by atoms with Crippen molar-refractivity contribution in [3.63, 3.8) is 0 Å². The van der Waals surface area contributed by atoms with Crippen molar-refractivity contribution in [2.24, 2.45) is 0 Å². The number of amides is 2. The van der Waals surface area contributed by atoms with Crippen molar-refractivity contribution in [1.82, 2.24) is 5.32 Å². The number of aliphatic hydroxyl groups excluding tert-OH is 1. The van der Waals surface area contributed by atoms with E-state index < -0.39 is 0 Å². The number of anilines is 1. The number of aryl methyl sites for hydroxylation is 2. The molecule has 0 aromatic heterocycles. The minimum Gasteiger partial charge on any atom is -0.489 e. The molecule has 0 unspecified atom stereocenters. The third kappa shape index (κ3) is 5.30. The number of rotatable bonds is 6.